The molecule has 0 aromatic carbocycles. The van der Waals surface area contributed by atoms with Crippen LogP contribution in [0.4, 0.5) is 18.0 Å². The summed E-state index contributed by atoms with van der Waals surface area (Å²) in [6.45, 7) is 1.89. The first-order valence-electron chi connectivity index (χ1n) is 5.74. The summed E-state index contributed by atoms with van der Waals surface area (Å²) in [7, 11) is 0. The Labute approximate surface area is 108 Å². The molecule has 0 aliphatic carbocycles. The number of nitrogens with one attached hydrogen (secondary N) is 2. The fraction of sp³-hybridized carbons (Fsp3) is 0.800. The van der Waals surface area contributed by atoms with Crippen LogP contribution in [0.3, 0.4) is 0 Å². The minimum Gasteiger partial charge on any atom is -0.376 e. The van der Waals surface area contributed by atoms with Gasteiger partial charge in [-0.25, -0.2) is 4.79 Å². The lowest BCUT2D eigenvalue weighted by Gasteiger charge is -2.30. The van der Waals surface area contributed by atoms with Gasteiger partial charge in [-0.05, 0) is 6.92 Å². The van der Waals surface area contributed by atoms with Crippen LogP contribution in [-0.4, -0.2) is 61.9 Å². The lowest BCUT2D eigenvalue weighted by molar-refractivity contribution is -0.125. The van der Waals surface area contributed by atoms with Crippen molar-refractivity contribution in [2.75, 3.05) is 32.8 Å². The second-order valence-corrected chi connectivity index (χ2v) is 4.26. The molecule has 1 rings (SSSR count). The Kier molecular flexibility index (Phi) is 5.55. The van der Waals surface area contributed by atoms with E-state index in [9.17, 15) is 22.8 Å². The van der Waals surface area contributed by atoms with Gasteiger partial charge in [0.1, 0.15) is 6.54 Å². The molecule has 2 N–H and O–H groups in total. The van der Waals surface area contributed by atoms with Crippen molar-refractivity contribution in [2.24, 2.45) is 0 Å². The van der Waals surface area contributed by atoms with Crippen molar-refractivity contribution in [3.8, 4) is 0 Å². The zero-order valence-electron chi connectivity index (χ0n) is 10.4. The van der Waals surface area contributed by atoms with Gasteiger partial charge in [0, 0.05) is 13.1 Å². The Morgan fingerprint density at radius 3 is 2.68 bits per heavy atom. The molecule has 1 aliphatic heterocycles. The largest absolute Gasteiger partial charge is 0.405 e. The van der Waals surface area contributed by atoms with E-state index in [1.807, 2.05) is 12.2 Å². The molecule has 0 radical (unpaired) electrons. The molecule has 0 aromatic heterocycles. The quantitative estimate of drug-likeness (QED) is 0.770. The van der Waals surface area contributed by atoms with Crippen molar-refractivity contribution < 1.29 is 27.5 Å². The summed E-state index contributed by atoms with van der Waals surface area (Å²) >= 11 is 0. The van der Waals surface area contributed by atoms with E-state index in [-0.39, 0.29) is 12.6 Å². The third kappa shape index (κ3) is 6.97. The Morgan fingerprint density at radius 1 is 1.42 bits per heavy atom. The summed E-state index contributed by atoms with van der Waals surface area (Å²) in [6, 6.07) is -1.15. The fourth-order valence-electron chi connectivity index (χ4n) is 1.63. The van der Waals surface area contributed by atoms with Crippen LogP contribution >= 0.6 is 0 Å². The van der Waals surface area contributed by atoms with E-state index in [0.717, 1.165) is 0 Å². The van der Waals surface area contributed by atoms with Gasteiger partial charge >= 0.3 is 12.2 Å². The van der Waals surface area contributed by atoms with Gasteiger partial charge in [0.15, 0.2) is 0 Å². The van der Waals surface area contributed by atoms with E-state index in [0.29, 0.717) is 19.7 Å². The van der Waals surface area contributed by atoms with Gasteiger partial charge in [-0.3, -0.25) is 15.0 Å². The number of hydrogen-bond donors (Lipinski definition) is 2. The van der Waals surface area contributed by atoms with Crippen LogP contribution in [0.2, 0.25) is 0 Å². The van der Waals surface area contributed by atoms with Crippen LogP contribution in [0.5, 0.6) is 0 Å². The van der Waals surface area contributed by atoms with Crippen LogP contribution in [0, 0.1) is 0 Å². The third-order valence-corrected chi connectivity index (χ3v) is 2.39. The second-order valence-electron chi connectivity index (χ2n) is 4.26. The standard InChI is InChI=1S/C10H16F3N3O3/c1-7-4-16(2-3-19-7)5-8(17)15-9(18)14-6-10(11,12)13/h7H,2-6H2,1H3,(H2,14,15,17,18). The highest BCUT2D eigenvalue weighted by atomic mass is 19.4. The van der Waals surface area contributed by atoms with Crippen LogP contribution in [-0.2, 0) is 9.53 Å². The third-order valence-electron chi connectivity index (χ3n) is 2.39. The highest BCUT2D eigenvalue weighted by Crippen LogP contribution is 2.11. The minimum absolute atomic E-state index is 0.0133. The van der Waals surface area contributed by atoms with Crippen LogP contribution in [0.1, 0.15) is 6.92 Å². The van der Waals surface area contributed by atoms with Gasteiger partial charge in [0.25, 0.3) is 0 Å². The second kappa shape index (κ2) is 6.71. The molecular weight excluding hydrogens is 267 g/mol. The Hall–Kier alpha value is -1.35. The number of imide groups is 1. The maximum atomic E-state index is 11.8. The number of morpholine rings is 1. The molecule has 0 spiro atoms. The normalized spacial score (nSPS) is 20.9. The lowest BCUT2D eigenvalue weighted by atomic mass is 10.3. The number of alkyl halides is 3. The van der Waals surface area contributed by atoms with Gasteiger partial charge in [0.05, 0.1) is 19.3 Å². The number of carbonyl (C=O) groups excluding carboxylic acids is 2. The Morgan fingerprint density at radius 2 is 2.11 bits per heavy atom. The molecule has 110 valence electrons. The zero-order chi connectivity index (χ0) is 14.5. The topological polar surface area (TPSA) is 70.7 Å². The summed E-state index contributed by atoms with van der Waals surface area (Å²) in [4.78, 5) is 24.2. The van der Waals surface area contributed by atoms with Crippen LogP contribution in [0.15, 0.2) is 0 Å². The molecule has 1 saturated heterocycles. The molecule has 1 aliphatic rings. The Bertz CT molecular complexity index is 336. The summed E-state index contributed by atoms with van der Waals surface area (Å²) in [6.07, 6.45) is -4.51. The highest BCUT2D eigenvalue weighted by Gasteiger charge is 2.28. The van der Waals surface area contributed by atoms with E-state index < -0.39 is 24.7 Å². The van der Waals surface area contributed by atoms with Crippen molar-refractivity contribution in [1.82, 2.24) is 15.5 Å². The average molecular weight is 283 g/mol. The molecule has 1 atom stereocenters. The molecule has 1 unspecified atom stereocenters. The molecule has 1 heterocycles. The number of urea groups is 1. The first-order valence-corrected chi connectivity index (χ1v) is 5.74. The number of hydrogen-bond acceptors (Lipinski definition) is 4. The Balaban J connectivity index is 2.25. The van der Waals surface area contributed by atoms with Crippen molar-refractivity contribution >= 4 is 11.9 Å². The summed E-state index contributed by atoms with van der Waals surface area (Å²) < 4.78 is 40.7. The predicted octanol–water partition coefficient (Wildman–Crippen LogP) is 0.0952. The maximum Gasteiger partial charge on any atom is 0.405 e. The molecule has 0 bridgehead atoms. The monoisotopic (exact) mass is 283 g/mol. The molecule has 9 heteroatoms. The smallest absolute Gasteiger partial charge is 0.376 e. The summed E-state index contributed by atoms with van der Waals surface area (Å²) in [5, 5.41) is 3.40. The van der Waals surface area contributed by atoms with Crippen molar-refractivity contribution in [2.45, 2.75) is 19.2 Å². The SMILES string of the molecule is CC1CN(CC(=O)NC(=O)NCC(F)(F)F)CCO1. The molecule has 0 aromatic rings. The van der Waals surface area contributed by atoms with Crippen LogP contribution in [0.25, 0.3) is 0 Å². The number of carbonyl (C=O) groups is 2. The zero-order valence-corrected chi connectivity index (χ0v) is 10.4. The van der Waals surface area contributed by atoms with E-state index in [1.165, 1.54) is 0 Å². The molecule has 1 fully saturated rings. The number of halogens is 3. The number of rotatable bonds is 3. The molecule has 0 saturated carbocycles. The van der Waals surface area contributed by atoms with Gasteiger partial charge < -0.3 is 10.1 Å². The predicted molar refractivity (Wildman–Crippen MR) is 59.5 cm³/mol. The average Bonchev–Trinajstić information content (AvgIpc) is 2.25. The van der Waals surface area contributed by atoms with E-state index in [1.54, 1.807) is 10.2 Å². The maximum absolute atomic E-state index is 11.8. The summed E-state index contributed by atoms with van der Waals surface area (Å²) in [5.74, 6) is -0.645. The van der Waals surface area contributed by atoms with Crippen molar-refractivity contribution in [3.05, 3.63) is 0 Å². The first kappa shape index (κ1) is 15.7. The summed E-state index contributed by atoms with van der Waals surface area (Å²) in [5.41, 5.74) is 0. The van der Waals surface area contributed by atoms with E-state index in [4.69, 9.17) is 4.74 Å². The highest BCUT2D eigenvalue weighted by molar-refractivity contribution is 5.95. The minimum atomic E-state index is -4.50. The molecular formula is C10H16F3N3O3. The van der Waals surface area contributed by atoms with E-state index >= 15 is 0 Å². The first-order chi connectivity index (χ1) is 8.76. The number of nitrogens with zero attached hydrogens (tertiary/aromatic N) is 1. The number of amides is 3. The molecule has 6 nitrogen and oxygen atoms in total. The molecule has 3 amide bonds. The van der Waals surface area contributed by atoms with Crippen molar-refractivity contribution in [1.29, 1.82) is 0 Å². The fourth-order valence-corrected chi connectivity index (χ4v) is 1.63. The van der Waals surface area contributed by atoms with Crippen molar-refractivity contribution in [3.63, 3.8) is 0 Å². The van der Waals surface area contributed by atoms with Crippen LogP contribution < -0.4 is 10.6 Å². The van der Waals surface area contributed by atoms with Gasteiger partial charge in [-0.15, -0.1) is 0 Å². The lowest BCUT2D eigenvalue weighted by Crippen LogP contribution is -2.49. The van der Waals surface area contributed by atoms with Gasteiger partial charge in [-0.2, -0.15) is 13.2 Å². The molecule has 19 heavy (non-hydrogen) atoms. The number of ether oxygens (including phenoxy) is 1. The van der Waals surface area contributed by atoms with Gasteiger partial charge in [-0.1, -0.05) is 0 Å². The van der Waals surface area contributed by atoms with Gasteiger partial charge in [0.2, 0.25) is 5.91 Å². The van der Waals surface area contributed by atoms with E-state index in [2.05, 4.69) is 0 Å².